The van der Waals surface area contributed by atoms with E-state index in [2.05, 4.69) is 0 Å². The molecule has 4 nitrogen and oxygen atoms in total. The third-order valence-corrected chi connectivity index (χ3v) is 6.29. The van der Waals surface area contributed by atoms with Crippen LogP contribution < -0.4 is 5.73 Å². The molecule has 4 rings (SSSR count). The highest BCUT2D eigenvalue weighted by atomic mass is 35.5. The highest BCUT2D eigenvalue weighted by Gasteiger charge is 2.63. The Kier molecular flexibility index (Phi) is 4.47. The lowest BCUT2D eigenvalue weighted by Crippen LogP contribution is -2.47. The van der Waals surface area contributed by atoms with Crippen LogP contribution in [-0.4, -0.2) is 29.2 Å². The summed E-state index contributed by atoms with van der Waals surface area (Å²) in [6.45, 7) is 3.64. The van der Waals surface area contributed by atoms with Crippen molar-refractivity contribution < 1.29 is 18.3 Å². The molecule has 2 saturated heterocycles. The third kappa shape index (κ3) is 2.74. The van der Waals surface area contributed by atoms with Crippen molar-refractivity contribution in [1.82, 2.24) is 4.90 Å². The molecule has 2 aliphatic rings. The molecule has 0 unspecified atom stereocenters. The van der Waals surface area contributed by atoms with Crippen molar-refractivity contribution in [2.45, 2.75) is 37.1 Å². The Labute approximate surface area is 171 Å². The number of carbonyl (C=O) groups excluding carboxylic acids is 1. The van der Waals surface area contributed by atoms with Crippen LogP contribution in [0, 0.1) is 11.6 Å². The van der Waals surface area contributed by atoms with E-state index in [0.29, 0.717) is 5.56 Å². The van der Waals surface area contributed by atoms with E-state index < -0.39 is 40.8 Å². The van der Waals surface area contributed by atoms with Crippen molar-refractivity contribution >= 4 is 29.2 Å². The van der Waals surface area contributed by atoms with Crippen LogP contribution in [-0.2, 0) is 15.1 Å². The van der Waals surface area contributed by atoms with Crippen LogP contribution >= 0.6 is 23.2 Å². The minimum absolute atomic E-state index is 0.0453. The maximum absolute atomic E-state index is 15.0. The van der Waals surface area contributed by atoms with Gasteiger partial charge in [-0.3, -0.25) is 4.79 Å². The van der Waals surface area contributed by atoms with Gasteiger partial charge < -0.3 is 10.5 Å². The molecule has 2 heterocycles. The highest BCUT2D eigenvalue weighted by Crippen LogP contribution is 2.52. The lowest BCUT2D eigenvalue weighted by molar-refractivity contribution is -0.150. The first-order valence-corrected chi connectivity index (χ1v) is 9.50. The minimum atomic E-state index is -1.27. The van der Waals surface area contributed by atoms with Gasteiger partial charge in [0.1, 0.15) is 17.7 Å². The summed E-state index contributed by atoms with van der Waals surface area (Å²) in [7, 11) is 0. The van der Waals surface area contributed by atoms with Gasteiger partial charge in [-0.15, -0.1) is 0 Å². The van der Waals surface area contributed by atoms with Crippen molar-refractivity contribution in [2.24, 2.45) is 5.73 Å². The molecule has 2 fully saturated rings. The van der Waals surface area contributed by atoms with Crippen LogP contribution in [0.1, 0.15) is 30.9 Å². The Morgan fingerprint density at radius 2 is 1.89 bits per heavy atom. The summed E-state index contributed by atoms with van der Waals surface area (Å²) in [5.41, 5.74) is 5.21. The second kappa shape index (κ2) is 6.39. The number of hydrogen-bond donors (Lipinski definition) is 1. The first-order chi connectivity index (χ1) is 13.1. The SMILES string of the molecule is CC1(C)OC(=O)[C@H]2[C@H](c3cccc(Cl)c3F)[C@@](N)(c3ccc(Cl)c(F)c3)CN21. The Morgan fingerprint density at radius 3 is 2.57 bits per heavy atom. The predicted molar refractivity (Wildman–Crippen MR) is 102 cm³/mol. The van der Waals surface area contributed by atoms with Gasteiger partial charge in [0, 0.05) is 12.5 Å². The first kappa shape index (κ1) is 19.6. The minimum Gasteiger partial charge on any atom is -0.443 e. The standard InChI is InChI=1S/C20H18Cl2F2N2O2/c1-19(2)26-9-20(25,10-6-7-12(21)14(23)8-10)15(17(26)18(27)28-19)11-4-3-5-13(22)16(11)24/h3-8,15,17H,9,25H2,1-2H3/t15-,17+,20-/m0/s1. The van der Waals surface area contributed by atoms with Crippen molar-refractivity contribution in [1.29, 1.82) is 0 Å². The molecule has 0 saturated carbocycles. The van der Waals surface area contributed by atoms with E-state index in [-0.39, 0.29) is 22.2 Å². The Balaban J connectivity index is 1.94. The van der Waals surface area contributed by atoms with Crippen molar-refractivity contribution in [3.05, 3.63) is 69.2 Å². The zero-order valence-corrected chi connectivity index (χ0v) is 16.7. The number of halogens is 4. The van der Waals surface area contributed by atoms with Crippen LogP contribution in [0.15, 0.2) is 36.4 Å². The van der Waals surface area contributed by atoms with Gasteiger partial charge in [-0.25, -0.2) is 13.7 Å². The van der Waals surface area contributed by atoms with Gasteiger partial charge in [0.05, 0.1) is 15.6 Å². The molecule has 2 aromatic rings. The van der Waals surface area contributed by atoms with E-state index in [1.807, 2.05) is 0 Å². The monoisotopic (exact) mass is 426 g/mol. The number of ether oxygens (including phenoxy) is 1. The molecule has 0 radical (unpaired) electrons. The number of esters is 1. The second-order valence-corrected chi connectivity index (χ2v) is 8.54. The van der Waals surface area contributed by atoms with Crippen LogP contribution in [0.4, 0.5) is 8.78 Å². The maximum Gasteiger partial charge on any atom is 0.325 e. The summed E-state index contributed by atoms with van der Waals surface area (Å²) in [5, 5.41) is -0.123. The van der Waals surface area contributed by atoms with E-state index in [1.54, 1.807) is 36.9 Å². The summed E-state index contributed by atoms with van der Waals surface area (Å²) < 4.78 is 34.7. The van der Waals surface area contributed by atoms with E-state index in [1.165, 1.54) is 18.2 Å². The summed E-state index contributed by atoms with van der Waals surface area (Å²) in [6, 6.07) is 7.97. The summed E-state index contributed by atoms with van der Waals surface area (Å²) >= 11 is 11.8. The Morgan fingerprint density at radius 1 is 1.18 bits per heavy atom. The normalized spacial score (nSPS) is 29.0. The fraction of sp³-hybridized carbons (Fsp3) is 0.350. The molecule has 0 amide bonds. The van der Waals surface area contributed by atoms with Crippen LogP contribution in [0.2, 0.25) is 10.0 Å². The molecule has 0 bridgehead atoms. The van der Waals surface area contributed by atoms with Crippen molar-refractivity contribution in [3.63, 3.8) is 0 Å². The van der Waals surface area contributed by atoms with Gasteiger partial charge in [0.25, 0.3) is 0 Å². The Hall–Kier alpha value is -1.73. The molecular weight excluding hydrogens is 409 g/mol. The quantitative estimate of drug-likeness (QED) is 0.731. The topological polar surface area (TPSA) is 55.6 Å². The summed E-state index contributed by atoms with van der Waals surface area (Å²) in [6.07, 6.45) is 0. The third-order valence-electron chi connectivity index (χ3n) is 5.70. The predicted octanol–water partition coefficient (Wildman–Crippen LogP) is 4.19. The average Bonchev–Trinajstić information content (AvgIpc) is 3.05. The van der Waals surface area contributed by atoms with Crippen LogP contribution in [0.5, 0.6) is 0 Å². The fourth-order valence-electron chi connectivity index (χ4n) is 4.36. The number of nitrogens with zero attached hydrogens (tertiary/aromatic N) is 1. The molecular formula is C20H18Cl2F2N2O2. The average molecular weight is 427 g/mol. The largest absolute Gasteiger partial charge is 0.443 e. The van der Waals surface area contributed by atoms with Gasteiger partial charge in [0.15, 0.2) is 5.72 Å². The van der Waals surface area contributed by atoms with Gasteiger partial charge in [-0.1, -0.05) is 41.4 Å². The van der Waals surface area contributed by atoms with Crippen molar-refractivity contribution in [2.75, 3.05) is 6.54 Å². The molecule has 2 aliphatic heterocycles. The van der Waals surface area contributed by atoms with Gasteiger partial charge >= 0.3 is 5.97 Å². The van der Waals surface area contributed by atoms with E-state index in [9.17, 15) is 13.6 Å². The molecule has 0 aromatic heterocycles. The molecule has 0 aliphatic carbocycles. The first-order valence-electron chi connectivity index (χ1n) is 8.74. The molecule has 148 valence electrons. The number of carbonyl (C=O) groups is 1. The molecule has 8 heteroatoms. The lowest BCUT2D eigenvalue weighted by atomic mass is 9.74. The van der Waals surface area contributed by atoms with Crippen LogP contribution in [0.3, 0.4) is 0 Å². The summed E-state index contributed by atoms with van der Waals surface area (Å²) in [4.78, 5) is 14.5. The zero-order valence-electron chi connectivity index (χ0n) is 15.2. The zero-order chi connectivity index (χ0) is 20.4. The molecule has 2 aromatic carbocycles. The van der Waals surface area contributed by atoms with Crippen LogP contribution in [0.25, 0.3) is 0 Å². The number of cyclic esters (lactones) is 1. The van der Waals surface area contributed by atoms with Gasteiger partial charge in [0.2, 0.25) is 0 Å². The van der Waals surface area contributed by atoms with Crippen molar-refractivity contribution in [3.8, 4) is 0 Å². The van der Waals surface area contributed by atoms with Gasteiger partial charge in [-0.2, -0.15) is 0 Å². The maximum atomic E-state index is 15.0. The smallest absolute Gasteiger partial charge is 0.325 e. The molecule has 3 atom stereocenters. The lowest BCUT2D eigenvalue weighted by Gasteiger charge is -2.34. The highest BCUT2D eigenvalue weighted by molar-refractivity contribution is 6.31. The summed E-state index contributed by atoms with van der Waals surface area (Å²) in [5.74, 6) is -2.63. The van der Waals surface area contributed by atoms with E-state index in [0.717, 1.165) is 0 Å². The molecule has 2 N–H and O–H groups in total. The Bertz CT molecular complexity index is 985. The number of benzene rings is 2. The van der Waals surface area contributed by atoms with E-state index in [4.69, 9.17) is 33.7 Å². The fourth-order valence-corrected chi connectivity index (χ4v) is 4.66. The van der Waals surface area contributed by atoms with E-state index >= 15 is 0 Å². The molecule has 28 heavy (non-hydrogen) atoms. The second-order valence-electron chi connectivity index (χ2n) is 7.73. The number of fused-ring (bicyclic) bond motifs is 1. The number of rotatable bonds is 2. The van der Waals surface area contributed by atoms with Gasteiger partial charge in [-0.05, 0) is 43.2 Å². The molecule has 0 spiro atoms. The number of nitrogens with two attached hydrogens (primary N) is 1. The number of hydrogen-bond acceptors (Lipinski definition) is 4.